The molecule has 0 aliphatic carbocycles. The van der Waals surface area contributed by atoms with Gasteiger partial charge in [-0.1, -0.05) is 12.1 Å². The first-order valence-corrected chi connectivity index (χ1v) is 9.84. The summed E-state index contributed by atoms with van der Waals surface area (Å²) in [6, 6.07) is 21.0. The fourth-order valence-corrected chi connectivity index (χ4v) is 4.08. The van der Waals surface area contributed by atoms with Crippen molar-refractivity contribution in [2.24, 2.45) is 0 Å². The molecule has 0 fully saturated rings. The maximum absolute atomic E-state index is 12.6. The van der Waals surface area contributed by atoms with Crippen LogP contribution >= 0.6 is 11.3 Å². The molecule has 0 radical (unpaired) electrons. The molecule has 0 aliphatic rings. The van der Waals surface area contributed by atoms with Crippen LogP contribution in [0.25, 0.3) is 32.6 Å². The summed E-state index contributed by atoms with van der Waals surface area (Å²) in [5, 5.41) is 14.4. The van der Waals surface area contributed by atoms with E-state index in [1.165, 1.54) is 23.5 Å². The summed E-state index contributed by atoms with van der Waals surface area (Å²) >= 11 is 1.29. The van der Waals surface area contributed by atoms with Crippen LogP contribution in [-0.4, -0.2) is 15.8 Å². The molecule has 1 amide bonds. The number of carbonyl (C=O) groups is 1. The summed E-state index contributed by atoms with van der Waals surface area (Å²) in [7, 11) is 0. The number of rotatable bonds is 4. The number of hydrogen-bond acceptors (Lipinski definition) is 6. The lowest BCUT2D eigenvalue weighted by atomic mass is 10.2. The third kappa shape index (κ3) is 3.29. The number of non-ortho nitro benzene ring substituents is 1. The number of nitrogens with zero attached hydrogens (tertiary/aromatic N) is 2. The van der Waals surface area contributed by atoms with Crippen LogP contribution in [0, 0.1) is 10.1 Å². The van der Waals surface area contributed by atoms with E-state index < -0.39 is 4.92 Å². The predicted octanol–water partition coefficient (Wildman–Crippen LogP) is 5.87. The van der Waals surface area contributed by atoms with Crippen molar-refractivity contribution in [1.29, 1.82) is 0 Å². The monoisotopic (exact) mass is 415 g/mol. The Morgan fingerprint density at radius 1 is 1.03 bits per heavy atom. The normalized spacial score (nSPS) is 11.1. The van der Waals surface area contributed by atoms with Crippen LogP contribution < -0.4 is 5.32 Å². The molecule has 0 saturated heterocycles. The lowest BCUT2D eigenvalue weighted by Crippen LogP contribution is -2.09. The molecule has 0 atom stereocenters. The number of oxazole rings is 1. The van der Waals surface area contributed by atoms with Crippen molar-refractivity contribution >= 4 is 49.8 Å². The highest BCUT2D eigenvalue weighted by Crippen LogP contribution is 2.30. The topological polar surface area (TPSA) is 98.3 Å². The molecule has 30 heavy (non-hydrogen) atoms. The minimum atomic E-state index is -0.449. The number of hydrogen-bond donors (Lipinski definition) is 1. The number of anilines is 1. The summed E-state index contributed by atoms with van der Waals surface area (Å²) in [6.45, 7) is 0. The lowest BCUT2D eigenvalue weighted by molar-refractivity contribution is -0.384. The number of nitro benzene ring substituents is 1. The predicted molar refractivity (Wildman–Crippen MR) is 116 cm³/mol. The smallest absolute Gasteiger partial charge is 0.270 e. The number of thiophene rings is 1. The van der Waals surface area contributed by atoms with Gasteiger partial charge in [-0.05, 0) is 48.5 Å². The van der Waals surface area contributed by atoms with Gasteiger partial charge < -0.3 is 9.73 Å². The van der Waals surface area contributed by atoms with E-state index in [4.69, 9.17) is 4.42 Å². The van der Waals surface area contributed by atoms with E-state index in [-0.39, 0.29) is 11.6 Å². The van der Waals surface area contributed by atoms with Crippen LogP contribution in [-0.2, 0) is 0 Å². The van der Waals surface area contributed by atoms with Gasteiger partial charge in [0.05, 0.1) is 9.80 Å². The summed E-state index contributed by atoms with van der Waals surface area (Å²) in [5.74, 6) is 0.244. The van der Waals surface area contributed by atoms with Crippen LogP contribution in [0.5, 0.6) is 0 Å². The molecule has 5 aromatic rings. The van der Waals surface area contributed by atoms with E-state index in [1.807, 2.05) is 36.4 Å². The Morgan fingerprint density at radius 2 is 1.83 bits per heavy atom. The summed E-state index contributed by atoms with van der Waals surface area (Å²) in [5.41, 5.74) is 2.94. The highest BCUT2D eigenvalue weighted by molar-refractivity contribution is 7.20. The van der Waals surface area contributed by atoms with Crippen molar-refractivity contribution in [3.05, 3.63) is 87.8 Å². The van der Waals surface area contributed by atoms with Crippen LogP contribution in [0.2, 0.25) is 0 Å². The van der Waals surface area contributed by atoms with Crippen molar-refractivity contribution in [2.75, 3.05) is 5.32 Å². The number of para-hydroxylation sites is 2. The van der Waals surface area contributed by atoms with Gasteiger partial charge in [0.25, 0.3) is 11.6 Å². The zero-order chi connectivity index (χ0) is 20.7. The lowest BCUT2D eigenvalue weighted by Gasteiger charge is -2.04. The number of aromatic nitrogens is 1. The first-order chi connectivity index (χ1) is 14.6. The second-order valence-corrected chi connectivity index (χ2v) is 7.69. The van der Waals surface area contributed by atoms with Gasteiger partial charge in [0.1, 0.15) is 5.52 Å². The van der Waals surface area contributed by atoms with E-state index in [1.54, 1.807) is 24.3 Å². The minimum Gasteiger partial charge on any atom is -0.436 e. The number of amides is 1. The number of nitrogens with one attached hydrogen (secondary N) is 1. The molecule has 0 unspecified atom stereocenters. The number of nitro groups is 1. The summed E-state index contributed by atoms with van der Waals surface area (Å²) in [4.78, 5) is 28.0. The van der Waals surface area contributed by atoms with Gasteiger partial charge in [0.2, 0.25) is 5.89 Å². The van der Waals surface area contributed by atoms with Crippen molar-refractivity contribution < 1.29 is 14.1 Å². The molecule has 1 N–H and O–H groups in total. The summed E-state index contributed by atoms with van der Waals surface area (Å²) < 4.78 is 6.58. The Kier molecular flexibility index (Phi) is 4.26. The summed E-state index contributed by atoms with van der Waals surface area (Å²) in [6.07, 6.45) is 0. The van der Waals surface area contributed by atoms with Crippen molar-refractivity contribution in [2.45, 2.75) is 0 Å². The number of carbonyl (C=O) groups excluding carboxylic acids is 1. The Balaban J connectivity index is 1.36. The standard InChI is InChI=1S/C22H13N3O4S/c26-21(20-12-14-11-16(25(27)28)9-10-19(14)30-20)23-15-7-5-13(6-8-15)22-24-17-3-1-2-4-18(17)29-22/h1-12H,(H,23,26). The minimum absolute atomic E-state index is 0.00189. The molecule has 5 rings (SSSR count). The van der Waals surface area contributed by atoms with Gasteiger partial charge in [-0.2, -0.15) is 0 Å². The van der Waals surface area contributed by atoms with E-state index in [2.05, 4.69) is 10.3 Å². The third-order valence-electron chi connectivity index (χ3n) is 4.62. The molecule has 2 heterocycles. The maximum atomic E-state index is 12.6. The van der Waals surface area contributed by atoms with Gasteiger partial charge in [-0.15, -0.1) is 11.3 Å². The van der Waals surface area contributed by atoms with Crippen molar-refractivity contribution in [3.8, 4) is 11.5 Å². The molecule has 2 aromatic heterocycles. The molecule has 146 valence electrons. The van der Waals surface area contributed by atoms with Crippen LogP contribution in [0.4, 0.5) is 11.4 Å². The van der Waals surface area contributed by atoms with Gasteiger partial charge in [-0.3, -0.25) is 14.9 Å². The van der Waals surface area contributed by atoms with Gasteiger partial charge in [0.15, 0.2) is 5.58 Å². The molecule has 8 heteroatoms. The van der Waals surface area contributed by atoms with Gasteiger partial charge >= 0.3 is 0 Å². The number of benzene rings is 3. The Bertz CT molecular complexity index is 1390. The Labute approximate surface area is 173 Å². The van der Waals surface area contributed by atoms with E-state index in [0.29, 0.717) is 21.8 Å². The SMILES string of the molecule is O=C(Nc1ccc(-c2nc3ccccc3o2)cc1)c1cc2cc([N+](=O)[O-])ccc2s1. The Morgan fingerprint density at radius 3 is 2.60 bits per heavy atom. The molecular formula is C22H13N3O4S. The highest BCUT2D eigenvalue weighted by Gasteiger charge is 2.14. The highest BCUT2D eigenvalue weighted by atomic mass is 32.1. The molecule has 3 aromatic carbocycles. The van der Waals surface area contributed by atoms with E-state index in [9.17, 15) is 14.9 Å². The van der Waals surface area contributed by atoms with E-state index in [0.717, 1.165) is 21.4 Å². The second kappa shape index (κ2) is 7.09. The molecule has 0 bridgehead atoms. The first kappa shape index (κ1) is 18.0. The van der Waals surface area contributed by atoms with Crippen molar-refractivity contribution in [1.82, 2.24) is 4.98 Å². The zero-order valence-electron chi connectivity index (χ0n) is 15.4. The molecule has 0 saturated carbocycles. The first-order valence-electron chi connectivity index (χ1n) is 9.02. The quantitative estimate of drug-likeness (QED) is 0.292. The molecule has 0 spiro atoms. The molecular weight excluding hydrogens is 402 g/mol. The zero-order valence-corrected chi connectivity index (χ0v) is 16.2. The van der Waals surface area contributed by atoms with Gasteiger partial charge in [-0.25, -0.2) is 4.98 Å². The second-order valence-electron chi connectivity index (χ2n) is 6.61. The van der Waals surface area contributed by atoms with Gasteiger partial charge in [0, 0.05) is 33.5 Å². The maximum Gasteiger partial charge on any atom is 0.270 e. The average molecular weight is 415 g/mol. The van der Waals surface area contributed by atoms with E-state index >= 15 is 0 Å². The van der Waals surface area contributed by atoms with Crippen LogP contribution in [0.15, 0.2) is 77.2 Å². The fraction of sp³-hybridized carbons (Fsp3) is 0. The molecule has 7 nitrogen and oxygen atoms in total. The average Bonchev–Trinajstić information content (AvgIpc) is 3.38. The van der Waals surface area contributed by atoms with Crippen LogP contribution in [0.3, 0.4) is 0 Å². The molecule has 0 aliphatic heterocycles. The van der Waals surface area contributed by atoms with Crippen LogP contribution in [0.1, 0.15) is 9.67 Å². The fourth-order valence-electron chi connectivity index (χ4n) is 3.14. The van der Waals surface area contributed by atoms with Crippen molar-refractivity contribution in [3.63, 3.8) is 0 Å². The Hall–Kier alpha value is -4.04. The largest absolute Gasteiger partial charge is 0.436 e. The number of fused-ring (bicyclic) bond motifs is 2. The third-order valence-corrected chi connectivity index (χ3v) is 5.73.